The van der Waals surface area contributed by atoms with Crippen LogP contribution in [0.3, 0.4) is 0 Å². The summed E-state index contributed by atoms with van der Waals surface area (Å²) in [6, 6.07) is 13.9. The van der Waals surface area contributed by atoms with Gasteiger partial charge in [0.1, 0.15) is 11.6 Å². The normalized spacial score (nSPS) is 13.7. The van der Waals surface area contributed by atoms with Crippen molar-refractivity contribution in [1.29, 1.82) is 0 Å². The standard InChI is InChI=1S/C32H46FN3O3/c1-3-18-36(31(38)14-13-30(34)37)19-7-8-20-39-29-23-26(22-28(33)24-29)10-5-6-17-35-32(15-16-32)27-12-9-11-25(4-2)21-27/h9,11-12,21-24,35H,3-8,10,13-20H2,1-2H3,(H2,34,37). The first-order chi connectivity index (χ1) is 18.8. The van der Waals surface area contributed by atoms with E-state index >= 15 is 0 Å². The lowest BCUT2D eigenvalue weighted by atomic mass is 10.0. The number of nitrogens with two attached hydrogens (primary N) is 1. The predicted octanol–water partition coefficient (Wildman–Crippen LogP) is 5.65. The summed E-state index contributed by atoms with van der Waals surface area (Å²) >= 11 is 0. The van der Waals surface area contributed by atoms with Crippen molar-refractivity contribution in [3.63, 3.8) is 0 Å². The van der Waals surface area contributed by atoms with Crippen molar-refractivity contribution in [2.24, 2.45) is 5.73 Å². The molecule has 6 nitrogen and oxygen atoms in total. The number of nitrogens with zero attached hydrogens (tertiary/aromatic N) is 1. The highest BCUT2D eigenvalue weighted by atomic mass is 19.1. The summed E-state index contributed by atoms with van der Waals surface area (Å²) in [4.78, 5) is 25.1. The van der Waals surface area contributed by atoms with E-state index in [-0.39, 0.29) is 30.1 Å². The Kier molecular flexibility index (Phi) is 12.2. The lowest BCUT2D eigenvalue weighted by molar-refractivity contribution is -0.133. The van der Waals surface area contributed by atoms with E-state index in [1.54, 1.807) is 11.0 Å². The third-order valence-corrected chi connectivity index (χ3v) is 7.45. The summed E-state index contributed by atoms with van der Waals surface area (Å²) in [7, 11) is 0. The molecule has 1 aliphatic carbocycles. The highest BCUT2D eigenvalue weighted by molar-refractivity contribution is 5.82. The van der Waals surface area contributed by atoms with E-state index in [4.69, 9.17) is 10.5 Å². The fourth-order valence-corrected chi connectivity index (χ4v) is 5.03. The molecule has 0 aromatic heterocycles. The lowest BCUT2D eigenvalue weighted by Crippen LogP contribution is -2.33. The molecule has 1 aliphatic rings. The molecule has 3 rings (SSSR count). The van der Waals surface area contributed by atoms with Gasteiger partial charge in [-0.25, -0.2) is 4.39 Å². The van der Waals surface area contributed by atoms with Crippen molar-refractivity contribution in [2.75, 3.05) is 26.2 Å². The Labute approximate surface area is 233 Å². The molecule has 1 fully saturated rings. The van der Waals surface area contributed by atoms with Gasteiger partial charge in [0.25, 0.3) is 0 Å². The molecule has 0 aliphatic heterocycles. The topological polar surface area (TPSA) is 84.7 Å². The molecule has 0 saturated heterocycles. The fraction of sp³-hybridized carbons (Fsp3) is 0.562. The predicted molar refractivity (Wildman–Crippen MR) is 154 cm³/mol. The first kappa shape index (κ1) is 30.6. The average Bonchev–Trinajstić information content (AvgIpc) is 3.71. The number of hydrogen-bond donors (Lipinski definition) is 2. The van der Waals surface area contributed by atoms with Gasteiger partial charge in [0.2, 0.25) is 11.8 Å². The minimum Gasteiger partial charge on any atom is -0.493 e. The molecule has 0 bridgehead atoms. The van der Waals surface area contributed by atoms with Crippen LogP contribution >= 0.6 is 0 Å². The van der Waals surface area contributed by atoms with Gasteiger partial charge in [-0.05, 0) is 93.2 Å². The second-order valence-corrected chi connectivity index (χ2v) is 10.7. The van der Waals surface area contributed by atoms with E-state index in [2.05, 4.69) is 36.5 Å². The molecular formula is C32H46FN3O3. The van der Waals surface area contributed by atoms with Crippen LogP contribution in [0.1, 0.15) is 88.3 Å². The van der Waals surface area contributed by atoms with Gasteiger partial charge in [-0.3, -0.25) is 9.59 Å². The van der Waals surface area contributed by atoms with Gasteiger partial charge in [0.05, 0.1) is 6.61 Å². The molecule has 214 valence electrons. The van der Waals surface area contributed by atoms with Crippen molar-refractivity contribution >= 4 is 11.8 Å². The molecule has 2 aromatic rings. The van der Waals surface area contributed by atoms with Crippen molar-refractivity contribution in [3.05, 3.63) is 65.0 Å². The van der Waals surface area contributed by atoms with E-state index in [0.29, 0.717) is 25.4 Å². The summed E-state index contributed by atoms with van der Waals surface area (Å²) in [5.41, 5.74) is 9.05. The molecule has 39 heavy (non-hydrogen) atoms. The molecule has 2 amide bonds. The van der Waals surface area contributed by atoms with E-state index in [1.807, 2.05) is 13.0 Å². The Morgan fingerprint density at radius 3 is 2.54 bits per heavy atom. The van der Waals surface area contributed by atoms with Crippen LogP contribution in [0.4, 0.5) is 4.39 Å². The zero-order valence-corrected chi connectivity index (χ0v) is 23.8. The molecule has 0 heterocycles. The molecular weight excluding hydrogens is 493 g/mol. The van der Waals surface area contributed by atoms with Crippen molar-refractivity contribution in [2.45, 2.75) is 90.0 Å². The van der Waals surface area contributed by atoms with Crippen LogP contribution < -0.4 is 15.8 Å². The van der Waals surface area contributed by atoms with Gasteiger partial charge in [-0.2, -0.15) is 0 Å². The van der Waals surface area contributed by atoms with Gasteiger partial charge in [-0.15, -0.1) is 0 Å². The third kappa shape index (κ3) is 10.3. The minimum atomic E-state index is -0.459. The average molecular weight is 540 g/mol. The monoisotopic (exact) mass is 539 g/mol. The molecule has 0 radical (unpaired) electrons. The second-order valence-electron chi connectivity index (χ2n) is 10.7. The van der Waals surface area contributed by atoms with Crippen molar-refractivity contribution < 1.29 is 18.7 Å². The molecule has 7 heteroatoms. The smallest absolute Gasteiger partial charge is 0.223 e. The van der Waals surface area contributed by atoms with Crippen LogP contribution in [0.5, 0.6) is 5.75 Å². The number of unbranched alkanes of at least 4 members (excludes halogenated alkanes) is 2. The van der Waals surface area contributed by atoms with Crippen LogP contribution in [0.15, 0.2) is 42.5 Å². The van der Waals surface area contributed by atoms with Crippen LogP contribution in [0, 0.1) is 5.82 Å². The number of aryl methyl sites for hydroxylation is 2. The summed E-state index contributed by atoms with van der Waals surface area (Å²) in [5, 5.41) is 3.78. The fourth-order valence-electron chi connectivity index (χ4n) is 5.03. The van der Waals surface area contributed by atoms with Gasteiger partial charge >= 0.3 is 0 Å². The van der Waals surface area contributed by atoms with Crippen LogP contribution in [-0.4, -0.2) is 43.0 Å². The first-order valence-electron chi connectivity index (χ1n) is 14.7. The molecule has 3 N–H and O–H groups in total. The number of carbonyl (C=O) groups is 2. The number of rotatable bonds is 19. The number of halogens is 1. The van der Waals surface area contributed by atoms with Gasteiger partial charge < -0.3 is 20.7 Å². The number of carbonyl (C=O) groups excluding carboxylic acids is 2. The Balaban J connectivity index is 1.36. The SMILES string of the molecule is CCCN(CCCCOc1cc(F)cc(CCCCNC2(c3cccc(CC)c3)CC2)c1)C(=O)CCC(N)=O. The summed E-state index contributed by atoms with van der Waals surface area (Å²) < 4.78 is 20.1. The Hall–Kier alpha value is -2.93. The maximum atomic E-state index is 14.2. The third-order valence-electron chi connectivity index (χ3n) is 7.45. The first-order valence-corrected chi connectivity index (χ1v) is 14.7. The van der Waals surface area contributed by atoms with Gasteiger partial charge in [0.15, 0.2) is 0 Å². The Morgan fingerprint density at radius 1 is 1.00 bits per heavy atom. The molecule has 0 atom stereocenters. The maximum absolute atomic E-state index is 14.2. The molecule has 0 spiro atoms. The highest BCUT2D eigenvalue weighted by Crippen LogP contribution is 2.45. The second kappa shape index (κ2) is 15.6. The van der Waals surface area contributed by atoms with Crippen LogP contribution in [0.2, 0.25) is 0 Å². The number of hydrogen-bond acceptors (Lipinski definition) is 4. The minimum absolute atomic E-state index is 0.0421. The van der Waals surface area contributed by atoms with Gasteiger partial charge in [-0.1, -0.05) is 38.1 Å². The van der Waals surface area contributed by atoms with Crippen molar-refractivity contribution in [1.82, 2.24) is 10.2 Å². The Bertz CT molecular complexity index is 1070. The zero-order valence-electron chi connectivity index (χ0n) is 23.8. The number of primary amides is 1. The lowest BCUT2D eigenvalue weighted by Gasteiger charge is -2.22. The maximum Gasteiger partial charge on any atom is 0.223 e. The summed E-state index contributed by atoms with van der Waals surface area (Å²) in [6.07, 6.45) is 8.89. The summed E-state index contributed by atoms with van der Waals surface area (Å²) in [5.74, 6) is -0.222. The van der Waals surface area contributed by atoms with E-state index in [1.165, 1.54) is 30.0 Å². The number of nitrogens with one attached hydrogen (secondary N) is 1. The number of benzene rings is 2. The van der Waals surface area contributed by atoms with Gasteiger partial charge in [0, 0.05) is 37.5 Å². The number of ether oxygens (including phenoxy) is 1. The molecule has 2 aromatic carbocycles. The summed E-state index contributed by atoms with van der Waals surface area (Å²) in [6.45, 7) is 6.90. The van der Waals surface area contributed by atoms with E-state index in [9.17, 15) is 14.0 Å². The van der Waals surface area contributed by atoms with Crippen LogP contribution in [0.25, 0.3) is 0 Å². The van der Waals surface area contributed by atoms with Crippen molar-refractivity contribution in [3.8, 4) is 5.75 Å². The largest absolute Gasteiger partial charge is 0.493 e. The van der Waals surface area contributed by atoms with Crippen LogP contribution in [-0.2, 0) is 28.0 Å². The molecule has 1 saturated carbocycles. The molecule has 0 unspecified atom stereocenters. The zero-order chi connectivity index (χ0) is 28.1. The Morgan fingerprint density at radius 2 is 1.82 bits per heavy atom. The highest BCUT2D eigenvalue weighted by Gasteiger charge is 2.43. The number of amides is 2. The quantitative estimate of drug-likeness (QED) is 0.226. The van der Waals surface area contributed by atoms with E-state index < -0.39 is 5.91 Å². The van der Waals surface area contributed by atoms with E-state index in [0.717, 1.165) is 57.1 Å².